The smallest absolute Gasteiger partial charge is 0.327 e. The lowest BCUT2D eigenvalue weighted by Gasteiger charge is -2.31. The van der Waals surface area contributed by atoms with E-state index in [1.54, 1.807) is 4.67 Å². The molecule has 6 heteroatoms. The SMILES string of the molecule is CCOP1(=O)c2cc(C)ccc2C(CC(=O)OC)N1c1ccccc1. The molecule has 0 saturated heterocycles. The third-order valence-corrected chi connectivity index (χ3v) is 7.02. The minimum absolute atomic E-state index is 0.110. The van der Waals surface area contributed by atoms with Crippen LogP contribution in [-0.4, -0.2) is 19.7 Å². The van der Waals surface area contributed by atoms with Crippen LogP contribution in [0.1, 0.15) is 30.5 Å². The van der Waals surface area contributed by atoms with Crippen LogP contribution < -0.4 is 9.97 Å². The lowest BCUT2D eigenvalue weighted by molar-refractivity contribution is -0.141. The maximum absolute atomic E-state index is 14.0. The summed E-state index contributed by atoms with van der Waals surface area (Å²) < 4.78 is 26.4. The Bertz CT molecular complexity index is 821. The van der Waals surface area contributed by atoms with Gasteiger partial charge in [-0.15, -0.1) is 0 Å². The molecule has 2 unspecified atom stereocenters. The number of benzene rings is 2. The Morgan fingerprint density at radius 3 is 2.56 bits per heavy atom. The molecule has 0 amide bonds. The third-order valence-electron chi connectivity index (χ3n) is 4.34. The summed E-state index contributed by atoms with van der Waals surface area (Å²) in [4.78, 5) is 12.0. The predicted octanol–water partition coefficient (Wildman–Crippen LogP) is 3.97. The fourth-order valence-corrected chi connectivity index (χ4v) is 6.04. The molecular weight excluding hydrogens is 337 g/mol. The van der Waals surface area contributed by atoms with Crippen LogP contribution in [0.3, 0.4) is 0 Å². The summed E-state index contributed by atoms with van der Waals surface area (Å²) >= 11 is 0. The number of ether oxygens (including phenoxy) is 1. The molecule has 0 fully saturated rings. The van der Waals surface area contributed by atoms with Crippen molar-refractivity contribution in [1.82, 2.24) is 0 Å². The summed E-state index contributed by atoms with van der Waals surface area (Å²) in [5.74, 6) is -0.345. The quantitative estimate of drug-likeness (QED) is 0.597. The summed E-state index contributed by atoms with van der Waals surface area (Å²) in [7, 11) is -1.95. The molecule has 25 heavy (non-hydrogen) atoms. The van der Waals surface area contributed by atoms with Crippen LogP contribution in [0.25, 0.3) is 0 Å². The zero-order valence-electron chi connectivity index (χ0n) is 14.6. The van der Waals surface area contributed by atoms with E-state index in [-0.39, 0.29) is 18.4 Å². The fourth-order valence-electron chi connectivity index (χ4n) is 3.27. The number of nitrogens with zero attached hydrogens (tertiary/aromatic N) is 1. The predicted molar refractivity (Wildman–Crippen MR) is 98.3 cm³/mol. The fraction of sp³-hybridized carbons (Fsp3) is 0.316. The Morgan fingerprint density at radius 2 is 1.92 bits per heavy atom. The molecule has 0 aromatic heterocycles. The van der Waals surface area contributed by atoms with Crippen LogP contribution in [0.5, 0.6) is 0 Å². The minimum atomic E-state index is -3.32. The molecule has 0 spiro atoms. The van der Waals surface area contributed by atoms with Crippen molar-refractivity contribution in [2.45, 2.75) is 26.3 Å². The van der Waals surface area contributed by atoms with Crippen molar-refractivity contribution in [1.29, 1.82) is 0 Å². The maximum Gasteiger partial charge on any atom is 0.327 e. The average Bonchev–Trinajstić information content (AvgIpc) is 2.84. The molecule has 1 heterocycles. The van der Waals surface area contributed by atoms with Crippen molar-refractivity contribution in [3.8, 4) is 0 Å². The van der Waals surface area contributed by atoms with Gasteiger partial charge < -0.3 is 9.26 Å². The summed E-state index contributed by atoms with van der Waals surface area (Å²) in [5.41, 5.74) is 2.63. The molecule has 2 aromatic rings. The van der Waals surface area contributed by atoms with Gasteiger partial charge in [0.25, 0.3) is 0 Å². The van der Waals surface area contributed by atoms with E-state index in [9.17, 15) is 9.36 Å². The van der Waals surface area contributed by atoms with Crippen LogP contribution in [0.15, 0.2) is 48.5 Å². The van der Waals surface area contributed by atoms with Gasteiger partial charge in [0.2, 0.25) is 0 Å². The van der Waals surface area contributed by atoms with E-state index in [0.29, 0.717) is 11.9 Å². The highest BCUT2D eigenvalue weighted by atomic mass is 31.2. The first-order valence-electron chi connectivity index (χ1n) is 8.28. The molecule has 5 nitrogen and oxygen atoms in total. The van der Waals surface area contributed by atoms with Gasteiger partial charge in [0.15, 0.2) is 0 Å². The van der Waals surface area contributed by atoms with Gasteiger partial charge in [-0.25, -0.2) is 0 Å². The number of aryl methyl sites for hydroxylation is 1. The third kappa shape index (κ3) is 3.10. The molecule has 1 aliphatic heterocycles. The summed E-state index contributed by atoms with van der Waals surface area (Å²) in [6.45, 7) is 4.10. The normalized spacial score (nSPS) is 21.9. The second-order valence-corrected chi connectivity index (χ2v) is 8.19. The number of anilines is 1. The van der Waals surface area contributed by atoms with Crippen LogP contribution in [0, 0.1) is 6.92 Å². The van der Waals surface area contributed by atoms with E-state index >= 15 is 0 Å². The molecule has 2 aromatic carbocycles. The summed E-state index contributed by atoms with van der Waals surface area (Å²) in [6, 6.07) is 14.9. The van der Waals surface area contributed by atoms with E-state index in [0.717, 1.165) is 16.8 Å². The van der Waals surface area contributed by atoms with E-state index in [1.807, 2.05) is 62.4 Å². The van der Waals surface area contributed by atoms with E-state index < -0.39 is 7.52 Å². The van der Waals surface area contributed by atoms with E-state index in [2.05, 4.69) is 0 Å². The van der Waals surface area contributed by atoms with Gasteiger partial charge in [-0.2, -0.15) is 0 Å². The van der Waals surface area contributed by atoms with Crippen LogP contribution in [0.4, 0.5) is 5.69 Å². The monoisotopic (exact) mass is 359 g/mol. The lowest BCUT2D eigenvalue weighted by Crippen LogP contribution is -2.24. The molecular formula is C19H22NO4P. The molecule has 0 aliphatic carbocycles. The summed E-state index contributed by atoms with van der Waals surface area (Å²) in [5, 5.41) is 0.673. The van der Waals surface area contributed by atoms with Gasteiger partial charge in [-0.1, -0.05) is 35.9 Å². The number of carbonyl (C=O) groups excluding carboxylic acids is 1. The molecule has 132 valence electrons. The molecule has 0 radical (unpaired) electrons. The molecule has 1 aliphatic rings. The van der Waals surface area contributed by atoms with Crippen molar-refractivity contribution < 1.29 is 18.6 Å². The Morgan fingerprint density at radius 1 is 1.20 bits per heavy atom. The number of hydrogen-bond acceptors (Lipinski definition) is 4. The standard InChI is InChI=1S/C19H22NO4P/c1-4-24-25(22)18-12-14(2)10-11-16(18)17(13-19(21)23-3)20(25)15-8-6-5-7-9-15/h5-12,17H,4,13H2,1-3H3. The summed E-state index contributed by atoms with van der Waals surface area (Å²) in [6.07, 6.45) is 0.110. The van der Waals surface area contributed by atoms with Crippen molar-refractivity contribution in [3.63, 3.8) is 0 Å². The molecule has 3 rings (SSSR count). The van der Waals surface area contributed by atoms with Crippen LogP contribution in [-0.2, 0) is 18.6 Å². The first-order chi connectivity index (χ1) is 12.0. The van der Waals surface area contributed by atoms with Gasteiger partial charge in [0, 0.05) is 5.69 Å². The van der Waals surface area contributed by atoms with E-state index in [4.69, 9.17) is 9.26 Å². The number of carbonyl (C=O) groups is 1. The number of esters is 1. The topological polar surface area (TPSA) is 55.8 Å². The average molecular weight is 359 g/mol. The first-order valence-corrected chi connectivity index (χ1v) is 9.86. The van der Waals surface area contributed by atoms with Gasteiger partial charge in [0.05, 0.1) is 31.5 Å². The Balaban J connectivity index is 2.20. The molecule has 2 atom stereocenters. The highest BCUT2D eigenvalue weighted by Gasteiger charge is 2.49. The second kappa shape index (κ2) is 7.03. The molecule has 0 N–H and O–H groups in total. The minimum Gasteiger partial charge on any atom is -0.469 e. The number of para-hydroxylation sites is 1. The highest BCUT2D eigenvalue weighted by Crippen LogP contribution is 2.62. The highest BCUT2D eigenvalue weighted by molar-refractivity contribution is 7.69. The van der Waals surface area contributed by atoms with E-state index in [1.165, 1.54) is 7.11 Å². The number of methoxy groups -OCH3 is 1. The number of rotatable bonds is 5. The Labute approximate surface area is 148 Å². The number of fused-ring (bicyclic) bond motifs is 1. The van der Waals surface area contributed by atoms with Crippen molar-refractivity contribution in [2.75, 3.05) is 18.4 Å². The van der Waals surface area contributed by atoms with Crippen LogP contribution >= 0.6 is 7.52 Å². The first kappa shape index (κ1) is 17.7. The zero-order chi connectivity index (χ0) is 18.0. The Hall–Kier alpha value is -2.10. The second-order valence-electron chi connectivity index (χ2n) is 5.98. The lowest BCUT2D eigenvalue weighted by atomic mass is 10.0. The van der Waals surface area contributed by atoms with Crippen molar-refractivity contribution in [3.05, 3.63) is 59.7 Å². The van der Waals surface area contributed by atoms with Gasteiger partial charge in [-0.05, 0) is 37.6 Å². The van der Waals surface area contributed by atoms with Crippen molar-refractivity contribution >= 4 is 24.5 Å². The Kier molecular flexibility index (Phi) is 4.98. The van der Waals surface area contributed by atoms with Crippen LogP contribution in [0.2, 0.25) is 0 Å². The molecule has 0 saturated carbocycles. The zero-order valence-corrected chi connectivity index (χ0v) is 15.5. The van der Waals surface area contributed by atoms with Gasteiger partial charge in [0.1, 0.15) is 0 Å². The van der Waals surface area contributed by atoms with Gasteiger partial charge >= 0.3 is 13.5 Å². The maximum atomic E-state index is 14.0. The number of hydrogen-bond donors (Lipinski definition) is 0. The largest absolute Gasteiger partial charge is 0.469 e. The van der Waals surface area contributed by atoms with Crippen molar-refractivity contribution in [2.24, 2.45) is 0 Å². The molecule has 0 bridgehead atoms. The van der Waals surface area contributed by atoms with Gasteiger partial charge in [-0.3, -0.25) is 14.0 Å².